The SMILES string of the molecule is Cc1c(C(=O)NC[C@H]2CCCO2)cnn1-c1ccc(-c2nc(C(C)C)no2)cn1. The van der Waals surface area contributed by atoms with Gasteiger partial charge in [-0.25, -0.2) is 9.67 Å². The van der Waals surface area contributed by atoms with E-state index in [4.69, 9.17) is 9.26 Å². The average Bonchev–Trinajstić information content (AvgIpc) is 3.47. The lowest BCUT2D eigenvalue weighted by Crippen LogP contribution is -2.32. The Hall–Kier alpha value is -3.07. The van der Waals surface area contributed by atoms with E-state index < -0.39 is 0 Å². The fourth-order valence-electron chi connectivity index (χ4n) is 3.20. The molecule has 152 valence electrons. The van der Waals surface area contributed by atoms with Gasteiger partial charge in [-0.15, -0.1) is 0 Å². The molecule has 3 aromatic rings. The fourth-order valence-corrected chi connectivity index (χ4v) is 3.20. The van der Waals surface area contributed by atoms with Crippen LogP contribution < -0.4 is 5.32 Å². The molecular weight excluding hydrogens is 372 g/mol. The molecular formula is C20H24N6O3. The van der Waals surface area contributed by atoms with Crippen LogP contribution in [0.2, 0.25) is 0 Å². The number of aromatic nitrogens is 5. The molecule has 1 fully saturated rings. The highest BCUT2D eigenvalue weighted by molar-refractivity contribution is 5.95. The Labute approximate surface area is 168 Å². The van der Waals surface area contributed by atoms with Crippen LogP contribution in [0.5, 0.6) is 0 Å². The molecule has 1 N–H and O–H groups in total. The molecule has 0 aliphatic carbocycles. The molecule has 3 aromatic heterocycles. The van der Waals surface area contributed by atoms with Crippen molar-refractivity contribution in [2.45, 2.75) is 45.6 Å². The summed E-state index contributed by atoms with van der Waals surface area (Å²) in [5.74, 6) is 1.72. The third-order valence-electron chi connectivity index (χ3n) is 4.94. The van der Waals surface area contributed by atoms with Gasteiger partial charge in [-0.3, -0.25) is 4.79 Å². The predicted octanol–water partition coefficient (Wildman–Crippen LogP) is 2.66. The number of ether oxygens (including phenoxy) is 1. The van der Waals surface area contributed by atoms with Gasteiger partial charge in [0.2, 0.25) is 0 Å². The van der Waals surface area contributed by atoms with E-state index in [1.165, 1.54) is 0 Å². The van der Waals surface area contributed by atoms with Crippen LogP contribution in [0.15, 0.2) is 29.0 Å². The Morgan fingerprint density at radius 1 is 1.34 bits per heavy atom. The van der Waals surface area contributed by atoms with E-state index in [0.29, 0.717) is 29.6 Å². The van der Waals surface area contributed by atoms with Crippen molar-refractivity contribution in [1.82, 2.24) is 30.2 Å². The standard InChI is InChI=1S/C20H24N6O3/c1-12(2)18-24-20(29-25-18)14-6-7-17(21-9-14)26-13(3)16(11-23-26)19(27)22-10-15-5-4-8-28-15/h6-7,9,11-12,15H,4-5,8,10H2,1-3H3,(H,22,27)/t15-/m1/s1. The lowest BCUT2D eigenvalue weighted by molar-refractivity contribution is 0.0857. The van der Waals surface area contributed by atoms with Crippen molar-refractivity contribution in [3.8, 4) is 17.3 Å². The molecule has 0 unspecified atom stereocenters. The van der Waals surface area contributed by atoms with Crippen LogP contribution >= 0.6 is 0 Å². The Kier molecular flexibility index (Phi) is 5.39. The zero-order chi connectivity index (χ0) is 20.4. The highest BCUT2D eigenvalue weighted by atomic mass is 16.5. The maximum absolute atomic E-state index is 12.5. The van der Waals surface area contributed by atoms with Crippen LogP contribution in [0.3, 0.4) is 0 Å². The van der Waals surface area contributed by atoms with Gasteiger partial charge >= 0.3 is 0 Å². The van der Waals surface area contributed by atoms with Crippen molar-refractivity contribution < 1.29 is 14.1 Å². The molecule has 1 aliphatic heterocycles. The minimum atomic E-state index is -0.159. The number of pyridine rings is 1. The van der Waals surface area contributed by atoms with Gasteiger partial charge in [-0.2, -0.15) is 10.1 Å². The topological polar surface area (TPSA) is 108 Å². The first-order valence-electron chi connectivity index (χ1n) is 9.77. The summed E-state index contributed by atoms with van der Waals surface area (Å²) in [6.07, 6.45) is 5.34. The van der Waals surface area contributed by atoms with E-state index in [9.17, 15) is 4.79 Å². The fraction of sp³-hybridized carbons (Fsp3) is 0.450. The number of hydrogen-bond donors (Lipinski definition) is 1. The number of nitrogens with zero attached hydrogens (tertiary/aromatic N) is 5. The lowest BCUT2D eigenvalue weighted by Gasteiger charge is -2.10. The molecule has 4 heterocycles. The van der Waals surface area contributed by atoms with E-state index in [2.05, 4.69) is 25.5 Å². The Balaban J connectivity index is 1.47. The summed E-state index contributed by atoms with van der Waals surface area (Å²) in [6, 6.07) is 3.65. The maximum atomic E-state index is 12.5. The monoisotopic (exact) mass is 396 g/mol. The van der Waals surface area contributed by atoms with Crippen LogP contribution in [0.4, 0.5) is 0 Å². The second kappa shape index (κ2) is 8.12. The van der Waals surface area contributed by atoms with E-state index in [1.54, 1.807) is 17.1 Å². The zero-order valence-corrected chi connectivity index (χ0v) is 16.8. The molecule has 9 heteroatoms. The number of carbonyl (C=O) groups excluding carboxylic acids is 1. The Morgan fingerprint density at radius 2 is 2.21 bits per heavy atom. The van der Waals surface area contributed by atoms with Gasteiger partial charge in [0.1, 0.15) is 0 Å². The number of hydrogen-bond acceptors (Lipinski definition) is 7. The molecule has 0 aromatic carbocycles. The molecule has 0 bridgehead atoms. The smallest absolute Gasteiger partial charge is 0.259 e. The second-order valence-electron chi connectivity index (χ2n) is 7.42. The maximum Gasteiger partial charge on any atom is 0.259 e. The summed E-state index contributed by atoms with van der Waals surface area (Å²) in [7, 11) is 0. The van der Waals surface area contributed by atoms with Gasteiger partial charge in [0.05, 0.1) is 29.1 Å². The normalized spacial score (nSPS) is 16.5. The van der Waals surface area contributed by atoms with Crippen molar-refractivity contribution in [3.63, 3.8) is 0 Å². The quantitative estimate of drug-likeness (QED) is 0.682. The summed E-state index contributed by atoms with van der Waals surface area (Å²) in [5.41, 5.74) is 1.97. The minimum Gasteiger partial charge on any atom is -0.376 e. The van der Waals surface area contributed by atoms with Crippen molar-refractivity contribution in [3.05, 3.63) is 41.6 Å². The van der Waals surface area contributed by atoms with E-state index in [1.807, 2.05) is 32.9 Å². The van der Waals surface area contributed by atoms with Crippen molar-refractivity contribution >= 4 is 5.91 Å². The molecule has 0 saturated carbocycles. The van der Waals surface area contributed by atoms with E-state index >= 15 is 0 Å². The van der Waals surface area contributed by atoms with Crippen LogP contribution in [-0.2, 0) is 4.74 Å². The molecule has 1 aliphatic rings. The summed E-state index contributed by atoms with van der Waals surface area (Å²) in [6.45, 7) is 7.13. The molecule has 0 radical (unpaired) electrons. The first-order valence-corrected chi connectivity index (χ1v) is 9.77. The van der Waals surface area contributed by atoms with Gasteiger partial charge in [0, 0.05) is 25.3 Å². The number of rotatable bonds is 6. The van der Waals surface area contributed by atoms with E-state index in [0.717, 1.165) is 30.7 Å². The first-order chi connectivity index (χ1) is 14.0. The number of nitrogens with one attached hydrogen (secondary N) is 1. The molecule has 1 amide bonds. The van der Waals surface area contributed by atoms with Gasteiger partial charge < -0.3 is 14.6 Å². The number of carbonyl (C=O) groups is 1. The Morgan fingerprint density at radius 3 is 2.86 bits per heavy atom. The molecule has 4 rings (SSSR count). The van der Waals surface area contributed by atoms with Gasteiger partial charge in [-0.05, 0) is 31.9 Å². The third kappa shape index (κ3) is 4.04. The van der Waals surface area contributed by atoms with Crippen LogP contribution in [0.1, 0.15) is 54.5 Å². The van der Waals surface area contributed by atoms with Crippen molar-refractivity contribution in [1.29, 1.82) is 0 Å². The van der Waals surface area contributed by atoms with Crippen molar-refractivity contribution in [2.24, 2.45) is 0 Å². The van der Waals surface area contributed by atoms with Crippen LogP contribution in [0, 0.1) is 6.92 Å². The predicted molar refractivity (Wildman–Crippen MR) is 105 cm³/mol. The van der Waals surface area contributed by atoms with Crippen molar-refractivity contribution in [2.75, 3.05) is 13.2 Å². The Bertz CT molecular complexity index is 986. The van der Waals surface area contributed by atoms with Gasteiger partial charge in [0.25, 0.3) is 11.8 Å². The summed E-state index contributed by atoms with van der Waals surface area (Å²) < 4.78 is 12.5. The second-order valence-corrected chi connectivity index (χ2v) is 7.42. The molecule has 1 atom stereocenters. The molecule has 29 heavy (non-hydrogen) atoms. The van der Waals surface area contributed by atoms with E-state index in [-0.39, 0.29) is 17.9 Å². The molecule has 9 nitrogen and oxygen atoms in total. The summed E-state index contributed by atoms with van der Waals surface area (Å²) >= 11 is 0. The highest BCUT2D eigenvalue weighted by Crippen LogP contribution is 2.21. The number of amides is 1. The summed E-state index contributed by atoms with van der Waals surface area (Å²) in [5, 5.41) is 11.2. The average molecular weight is 396 g/mol. The minimum absolute atomic E-state index is 0.101. The van der Waals surface area contributed by atoms with Gasteiger partial charge in [0.15, 0.2) is 11.6 Å². The third-order valence-corrected chi connectivity index (χ3v) is 4.94. The summed E-state index contributed by atoms with van der Waals surface area (Å²) in [4.78, 5) is 21.3. The first kappa shape index (κ1) is 19.3. The highest BCUT2D eigenvalue weighted by Gasteiger charge is 2.20. The zero-order valence-electron chi connectivity index (χ0n) is 16.8. The largest absolute Gasteiger partial charge is 0.376 e. The van der Waals surface area contributed by atoms with Crippen LogP contribution in [-0.4, -0.2) is 50.1 Å². The van der Waals surface area contributed by atoms with Crippen LogP contribution in [0.25, 0.3) is 17.3 Å². The molecule has 1 saturated heterocycles. The van der Waals surface area contributed by atoms with Gasteiger partial charge in [-0.1, -0.05) is 19.0 Å². The molecule has 0 spiro atoms. The lowest BCUT2D eigenvalue weighted by atomic mass is 10.2.